The van der Waals surface area contributed by atoms with Crippen molar-refractivity contribution in [3.63, 3.8) is 0 Å². The van der Waals surface area contributed by atoms with Crippen LogP contribution in [0, 0.1) is 6.92 Å². The maximum absolute atomic E-state index is 12.4. The summed E-state index contributed by atoms with van der Waals surface area (Å²) >= 11 is 3.43. The van der Waals surface area contributed by atoms with Crippen molar-refractivity contribution in [2.45, 2.75) is 39.5 Å². The van der Waals surface area contributed by atoms with Crippen LogP contribution in [0.15, 0.2) is 46.9 Å². The molecule has 0 radical (unpaired) electrons. The normalized spacial score (nSPS) is 11.5. The molecule has 0 amide bonds. The number of halogens is 1. The van der Waals surface area contributed by atoms with Crippen molar-refractivity contribution in [1.82, 2.24) is 0 Å². The molecule has 2 rings (SSSR count). The lowest BCUT2D eigenvalue weighted by Gasteiger charge is -2.19. The molecule has 0 saturated heterocycles. The van der Waals surface area contributed by atoms with E-state index >= 15 is 0 Å². The van der Waals surface area contributed by atoms with Crippen LogP contribution in [0.4, 0.5) is 0 Å². The maximum Gasteiger partial charge on any atom is 0.167 e. The average molecular weight is 345 g/mol. The maximum atomic E-state index is 12.4. The van der Waals surface area contributed by atoms with Crippen molar-refractivity contribution in [3.8, 4) is 0 Å². The standard InChI is InChI=1S/C19H21BrO/c1-13-11-16(20)9-10-17(13)18(21)12-14-5-7-15(8-6-14)19(2,3)4/h5-11H,12H2,1-4H3. The van der Waals surface area contributed by atoms with E-state index in [-0.39, 0.29) is 11.2 Å². The van der Waals surface area contributed by atoms with Gasteiger partial charge in [0.1, 0.15) is 0 Å². The van der Waals surface area contributed by atoms with Crippen molar-refractivity contribution >= 4 is 21.7 Å². The first kappa shape index (κ1) is 16.0. The van der Waals surface area contributed by atoms with Crippen molar-refractivity contribution in [3.05, 3.63) is 69.2 Å². The molecular formula is C19H21BrO. The topological polar surface area (TPSA) is 17.1 Å². The van der Waals surface area contributed by atoms with Crippen LogP contribution in [0.5, 0.6) is 0 Å². The Kier molecular flexibility index (Phi) is 4.67. The Morgan fingerprint density at radius 2 is 1.67 bits per heavy atom. The van der Waals surface area contributed by atoms with Gasteiger partial charge in [-0.2, -0.15) is 0 Å². The highest BCUT2D eigenvalue weighted by Crippen LogP contribution is 2.23. The molecule has 2 aromatic rings. The second-order valence-corrected chi connectivity index (χ2v) is 7.42. The van der Waals surface area contributed by atoms with Crippen molar-refractivity contribution in [2.75, 3.05) is 0 Å². The van der Waals surface area contributed by atoms with E-state index in [9.17, 15) is 4.79 Å². The van der Waals surface area contributed by atoms with Crippen molar-refractivity contribution < 1.29 is 4.79 Å². The Morgan fingerprint density at radius 3 is 2.19 bits per heavy atom. The molecule has 0 unspecified atom stereocenters. The van der Waals surface area contributed by atoms with Gasteiger partial charge in [-0.25, -0.2) is 0 Å². The highest BCUT2D eigenvalue weighted by atomic mass is 79.9. The van der Waals surface area contributed by atoms with Crippen molar-refractivity contribution in [1.29, 1.82) is 0 Å². The van der Waals surface area contributed by atoms with Crippen LogP contribution in [0.2, 0.25) is 0 Å². The van der Waals surface area contributed by atoms with E-state index in [1.54, 1.807) is 0 Å². The number of hydrogen-bond acceptors (Lipinski definition) is 1. The summed E-state index contributed by atoms with van der Waals surface area (Å²) in [6.07, 6.45) is 0.451. The Morgan fingerprint density at radius 1 is 1.05 bits per heavy atom. The molecule has 0 aliphatic rings. The molecule has 0 heterocycles. The zero-order chi connectivity index (χ0) is 15.6. The lowest BCUT2D eigenvalue weighted by atomic mass is 9.86. The third-order valence-electron chi connectivity index (χ3n) is 3.67. The van der Waals surface area contributed by atoms with E-state index in [2.05, 4.69) is 61.0 Å². The van der Waals surface area contributed by atoms with Gasteiger partial charge in [-0.05, 0) is 41.2 Å². The fraction of sp³-hybridized carbons (Fsp3) is 0.316. The lowest BCUT2D eigenvalue weighted by molar-refractivity contribution is 0.0992. The largest absolute Gasteiger partial charge is 0.294 e. The Balaban J connectivity index is 2.16. The predicted octanol–water partition coefficient (Wildman–Crippen LogP) is 5.48. The fourth-order valence-corrected chi connectivity index (χ4v) is 2.82. The molecule has 0 N–H and O–H groups in total. The second kappa shape index (κ2) is 6.15. The van der Waals surface area contributed by atoms with Crippen LogP contribution in [-0.2, 0) is 11.8 Å². The third kappa shape index (κ3) is 4.04. The van der Waals surface area contributed by atoms with Crippen LogP contribution in [-0.4, -0.2) is 5.78 Å². The highest BCUT2D eigenvalue weighted by Gasteiger charge is 2.14. The summed E-state index contributed by atoms with van der Waals surface area (Å²) in [5.74, 6) is 0.170. The molecule has 110 valence electrons. The Labute approximate surface area is 135 Å². The molecule has 1 nitrogen and oxygen atoms in total. The molecule has 21 heavy (non-hydrogen) atoms. The summed E-state index contributed by atoms with van der Waals surface area (Å²) in [6.45, 7) is 8.55. The molecule has 0 bridgehead atoms. The van der Waals surface area contributed by atoms with Gasteiger partial charge in [0.05, 0.1) is 0 Å². The molecule has 0 fully saturated rings. The number of rotatable bonds is 3. The summed E-state index contributed by atoms with van der Waals surface area (Å²) in [7, 11) is 0. The average Bonchev–Trinajstić information content (AvgIpc) is 2.38. The van der Waals surface area contributed by atoms with Gasteiger partial charge >= 0.3 is 0 Å². The summed E-state index contributed by atoms with van der Waals surface area (Å²) < 4.78 is 1.01. The summed E-state index contributed by atoms with van der Waals surface area (Å²) in [6, 6.07) is 14.2. The Bertz CT molecular complexity index is 648. The van der Waals surface area contributed by atoms with Gasteiger partial charge in [0.25, 0.3) is 0 Å². The molecule has 0 saturated carbocycles. The molecule has 2 aromatic carbocycles. The van der Waals surface area contributed by atoms with E-state index in [0.29, 0.717) is 6.42 Å². The van der Waals surface area contributed by atoms with Gasteiger partial charge in [-0.3, -0.25) is 4.79 Å². The van der Waals surface area contributed by atoms with Gasteiger partial charge < -0.3 is 0 Å². The van der Waals surface area contributed by atoms with Gasteiger partial charge in [-0.1, -0.05) is 67.0 Å². The van der Waals surface area contributed by atoms with Gasteiger partial charge in [-0.15, -0.1) is 0 Å². The number of aryl methyl sites for hydroxylation is 1. The van der Waals surface area contributed by atoms with Crippen LogP contribution in [0.25, 0.3) is 0 Å². The number of hydrogen-bond donors (Lipinski definition) is 0. The molecule has 0 atom stereocenters. The monoisotopic (exact) mass is 344 g/mol. The molecule has 2 heteroatoms. The first-order valence-corrected chi connectivity index (χ1v) is 7.95. The molecule has 0 spiro atoms. The van der Waals surface area contributed by atoms with E-state index in [1.165, 1.54) is 5.56 Å². The fourth-order valence-electron chi connectivity index (χ4n) is 2.34. The first-order chi connectivity index (χ1) is 9.77. The quantitative estimate of drug-likeness (QED) is 0.673. The summed E-state index contributed by atoms with van der Waals surface area (Å²) in [5.41, 5.74) is 4.32. The highest BCUT2D eigenvalue weighted by molar-refractivity contribution is 9.10. The van der Waals surface area contributed by atoms with Crippen LogP contribution >= 0.6 is 15.9 Å². The third-order valence-corrected chi connectivity index (χ3v) is 4.17. The minimum Gasteiger partial charge on any atom is -0.294 e. The summed E-state index contributed by atoms with van der Waals surface area (Å²) in [4.78, 5) is 12.4. The molecular weight excluding hydrogens is 324 g/mol. The molecule has 0 aromatic heterocycles. The second-order valence-electron chi connectivity index (χ2n) is 6.51. The number of ketones is 1. The minimum absolute atomic E-state index is 0.144. The molecule has 0 aliphatic carbocycles. The van der Waals surface area contributed by atoms with Gasteiger partial charge in [0.15, 0.2) is 5.78 Å². The van der Waals surface area contributed by atoms with E-state index < -0.39 is 0 Å². The van der Waals surface area contributed by atoms with Gasteiger partial charge in [0, 0.05) is 16.5 Å². The lowest BCUT2D eigenvalue weighted by Crippen LogP contribution is -2.11. The smallest absolute Gasteiger partial charge is 0.167 e. The van der Waals surface area contributed by atoms with E-state index in [0.717, 1.165) is 21.2 Å². The van der Waals surface area contributed by atoms with E-state index in [4.69, 9.17) is 0 Å². The zero-order valence-corrected chi connectivity index (χ0v) is 14.6. The molecule has 0 aliphatic heterocycles. The van der Waals surface area contributed by atoms with Crippen LogP contribution in [0.3, 0.4) is 0 Å². The number of carbonyl (C=O) groups excluding carboxylic acids is 1. The number of benzene rings is 2. The summed E-state index contributed by atoms with van der Waals surface area (Å²) in [5, 5.41) is 0. The zero-order valence-electron chi connectivity index (χ0n) is 13.0. The number of Topliss-reactive ketones (excluding diaryl/α,β-unsaturated/α-hetero) is 1. The van der Waals surface area contributed by atoms with E-state index in [1.807, 2.05) is 25.1 Å². The predicted molar refractivity (Wildman–Crippen MR) is 92.1 cm³/mol. The van der Waals surface area contributed by atoms with Gasteiger partial charge in [0.2, 0.25) is 0 Å². The minimum atomic E-state index is 0.144. The van der Waals surface area contributed by atoms with Crippen LogP contribution in [0.1, 0.15) is 47.8 Å². The SMILES string of the molecule is Cc1cc(Br)ccc1C(=O)Cc1ccc(C(C)(C)C)cc1. The number of carbonyl (C=O) groups is 1. The Hall–Kier alpha value is -1.41. The first-order valence-electron chi connectivity index (χ1n) is 7.16. The van der Waals surface area contributed by atoms with Crippen LogP contribution < -0.4 is 0 Å². The van der Waals surface area contributed by atoms with Crippen molar-refractivity contribution in [2.24, 2.45) is 0 Å².